The number of ether oxygens (including phenoxy) is 1. The average Bonchev–Trinajstić information content (AvgIpc) is 3.10. The fourth-order valence-corrected chi connectivity index (χ4v) is 6.14. The van der Waals surface area contributed by atoms with E-state index >= 15 is 0 Å². The number of hydrogen-bond acceptors (Lipinski definition) is 4. The summed E-state index contributed by atoms with van der Waals surface area (Å²) in [6, 6.07) is 24.7. The lowest BCUT2D eigenvalue weighted by molar-refractivity contribution is 0.415. The normalized spacial score (nSPS) is 11.4. The zero-order valence-electron chi connectivity index (χ0n) is 14.1. The summed E-state index contributed by atoms with van der Waals surface area (Å²) in [4.78, 5) is 4.60. The van der Waals surface area contributed by atoms with E-state index in [-0.39, 0.29) is 0 Å². The summed E-state index contributed by atoms with van der Waals surface area (Å²) >= 11 is 1.47. The van der Waals surface area contributed by atoms with Gasteiger partial charge in [0.2, 0.25) is 7.29 Å². The van der Waals surface area contributed by atoms with Gasteiger partial charge in [-0.05, 0) is 42.5 Å². The fourth-order valence-electron chi connectivity index (χ4n) is 2.77. The molecule has 4 rings (SSSR count). The van der Waals surface area contributed by atoms with Crippen molar-refractivity contribution in [2.75, 3.05) is 12.2 Å². The second-order valence-corrected chi connectivity index (χ2v) is 9.25. The first-order valence-corrected chi connectivity index (χ1v) is 10.7. The highest BCUT2D eigenvalue weighted by Crippen LogP contribution is 2.45. The van der Waals surface area contributed by atoms with Gasteiger partial charge in [-0.25, -0.2) is 4.98 Å². The van der Waals surface area contributed by atoms with E-state index in [1.165, 1.54) is 11.3 Å². The summed E-state index contributed by atoms with van der Waals surface area (Å²) in [5.74, 6) is 0.780. The van der Waals surface area contributed by atoms with Gasteiger partial charge in [0.05, 0.1) is 17.3 Å². The molecule has 1 heterocycles. The Bertz CT molecular complexity index is 1040. The van der Waals surface area contributed by atoms with Crippen LogP contribution in [0.3, 0.4) is 0 Å². The van der Waals surface area contributed by atoms with Gasteiger partial charge in [-0.1, -0.05) is 47.7 Å². The smallest absolute Gasteiger partial charge is 0.228 e. The third kappa shape index (κ3) is 3.12. The predicted molar refractivity (Wildman–Crippen MR) is 110 cm³/mol. The maximum atomic E-state index is 14.0. The molecule has 0 saturated heterocycles. The van der Waals surface area contributed by atoms with E-state index in [9.17, 15) is 4.57 Å². The van der Waals surface area contributed by atoms with Gasteiger partial charge in [-0.2, -0.15) is 0 Å². The van der Waals surface area contributed by atoms with E-state index < -0.39 is 7.29 Å². The number of fused-ring (bicyclic) bond motifs is 1. The summed E-state index contributed by atoms with van der Waals surface area (Å²) in [6.07, 6.45) is 0. The maximum absolute atomic E-state index is 14.0. The summed E-state index contributed by atoms with van der Waals surface area (Å²) in [5, 5.41) is 5.37. The van der Waals surface area contributed by atoms with Gasteiger partial charge >= 0.3 is 0 Å². The highest BCUT2D eigenvalue weighted by molar-refractivity contribution is 7.80. The molecule has 0 saturated carbocycles. The summed E-state index contributed by atoms with van der Waals surface area (Å²) < 4.78 is 20.3. The van der Waals surface area contributed by atoms with Crippen LogP contribution < -0.4 is 20.4 Å². The maximum Gasteiger partial charge on any atom is 0.228 e. The Kier molecular flexibility index (Phi) is 4.49. The molecule has 6 heteroatoms. The van der Waals surface area contributed by atoms with Crippen LogP contribution in [-0.2, 0) is 4.57 Å². The topological polar surface area (TPSA) is 51.2 Å². The van der Waals surface area contributed by atoms with Crippen molar-refractivity contribution in [1.82, 2.24) is 4.98 Å². The minimum Gasteiger partial charge on any atom is -0.497 e. The highest BCUT2D eigenvalue weighted by atomic mass is 32.1. The van der Waals surface area contributed by atoms with Crippen molar-refractivity contribution in [3.63, 3.8) is 0 Å². The Hall–Kier alpha value is -2.62. The third-order valence-corrected chi connectivity index (χ3v) is 7.75. The molecule has 0 aliphatic carbocycles. The van der Waals surface area contributed by atoms with Crippen molar-refractivity contribution in [2.45, 2.75) is 0 Å². The molecule has 0 unspecified atom stereocenters. The Morgan fingerprint density at radius 3 is 2.12 bits per heavy atom. The van der Waals surface area contributed by atoms with Gasteiger partial charge in [-0.3, -0.25) is 4.57 Å². The monoisotopic (exact) mass is 380 g/mol. The number of thiazole rings is 1. The minimum atomic E-state index is -3.05. The lowest BCUT2D eigenvalue weighted by Gasteiger charge is -2.19. The van der Waals surface area contributed by atoms with Gasteiger partial charge < -0.3 is 9.82 Å². The zero-order chi connectivity index (χ0) is 18.0. The Labute approximate surface area is 155 Å². The number of rotatable bonds is 5. The summed E-state index contributed by atoms with van der Waals surface area (Å²) in [5.41, 5.74) is 0.853. The lowest BCUT2D eigenvalue weighted by Crippen LogP contribution is -2.21. The molecule has 130 valence electrons. The molecule has 0 radical (unpaired) electrons. The Morgan fingerprint density at radius 2 is 1.54 bits per heavy atom. The molecule has 1 aromatic heterocycles. The molecule has 1 N–H and O–H groups in total. The van der Waals surface area contributed by atoms with Gasteiger partial charge in [0, 0.05) is 10.6 Å². The number of anilines is 1. The molecule has 0 aliphatic rings. The van der Waals surface area contributed by atoms with Gasteiger partial charge in [-0.15, -0.1) is 0 Å². The summed E-state index contributed by atoms with van der Waals surface area (Å²) in [6.45, 7) is 0. The standard InChI is InChI=1S/C20H17N2O2PS/c1-24-15-12-13-18-19(14-15)26-20(21-18)22-25(23,16-8-4-2-5-9-16)17-10-6-3-7-11-17/h2-14H,1H3,(H,21,22,23). The van der Waals surface area contributed by atoms with Crippen molar-refractivity contribution in [3.8, 4) is 5.75 Å². The molecule has 3 aromatic carbocycles. The van der Waals surface area contributed by atoms with Crippen LogP contribution in [0.15, 0.2) is 78.9 Å². The quantitative estimate of drug-likeness (QED) is 0.512. The average molecular weight is 380 g/mol. The van der Waals surface area contributed by atoms with Crippen LogP contribution in [-0.4, -0.2) is 12.1 Å². The van der Waals surface area contributed by atoms with Crippen LogP contribution in [0.5, 0.6) is 5.75 Å². The van der Waals surface area contributed by atoms with E-state index in [4.69, 9.17) is 4.74 Å². The van der Waals surface area contributed by atoms with Crippen LogP contribution in [0.2, 0.25) is 0 Å². The second-order valence-electron chi connectivity index (χ2n) is 5.74. The SMILES string of the molecule is COc1ccc2nc(NP(=O)(c3ccccc3)c3ccccc3)sc2c1. The van der Waals surface area contributed by atoms with Crippen molar-refractivity contribution < 1.29 is 9.30 Å². The van der Waals surface area contributed by atoms with Crippen LogP contribution in [0.25, 0.3) is 10.2 Å². The first-order chi connectivity index (χ1) is 12.7. The van der Waals surface area contributed by atoms with Gasteiger partial charge in [0.25, 0.3) is 0 Å². The molecule has 0 spiro atoms. The van der Waals surface area contributed by atoms with E-state index in [0.29, 0.717) is 5.13 Å². The van der Waals surface area contributed by atoms with Crippen LogP contribution in [0.1, 0.15) is 0 Å². The Balaban J connectivity index is 1.80. The van der Waals surface area contributed by atoms with E-state index in [0.717, 1.165) is 26.6 Å². The van der Waals surface area contributed by atoms with Crippen molar-refractivity contribution in [3.05, 3.63) is 78.9 Å². The van der Waals surface area contributed by atoms with E-state index in [1.54, 1.807) is 7.11 Å². The molecule has 4 nitrogen and oxygen atoms in total. The molecule has 4 aromatic rings. The minimum absolute atomic E-state index is 0.629. The molecular weight excluding hydrogens is 363 g/mol. The number of hydrogen-bond donors (Lipinski definition) is 1. The lowest BCUT2D eigenvalue weighted by atomic mass is 10.3. The highest BCUT2D eigenvalue weighted by Gasteiger charge is 2.28. The second kappa shape index (κ2) is 6.94. The largest absolute Gasteiger partial charge is 0.497 e. The number of nitrogens with one attached hydrogen (secondary N) is 1. The van der Waals surface area contributed by atoms with Crippen molar-refractivity contribution >= 4 is 44.6 Å². The van der Waals surface area contributed by atoms with E-state index in [1.807, 2.05) is 78.9 Å². The molecule has 0 atom stereocenters. The predicted octanol–water partition coefficient (Wildman–Crippen LogP) is 4.65. The first-order valence-electron chi connectivity index (χ1n) is 8.13. The van der Waals surface area contributed by atoms with Crippen LogP contribution in [0.4, 0.5) is 5.13 Å². The van der Waals surface area contributed by atoms with Crippen molar-refractivity contribution in [1.29, 1.82) is 0 Å². The summed E-state index contributed by atoms with van der Waals surface area (Å²) in [7, 11) is -1.41. The number of methoxy groups -OCH3 is 1. The molecule has 0 bridgehead atoms. The third-order valence-electron chi connectivity index (χ3n) is 4.09. The first kappa shape index (κ1) is 16.8. The fraction of sp³-hybridized carbons (Fsp3) is 0.0500. The van der Waals surface area contributed by atoms with E-state index in [2.05, 4.69) is 10.1 Å². The number of nitrogens with zero attached hydrogens (tertiary/aromatic N) is 1. The molecule has 0 fully saturated rings. The van der Waals surface area contributed by atoms with Gasteiger partial charge in [0.15, 0.2) is 5.13 Å². The van der Waals surface area contributed by atoms with Crippen LogP contribution in [0, 0.1) is 0 Å². The molecular formula is C20H17N2O2PS. The zero-order valence-corrected chi connectivity index (χ0v) is 15.8. The van der Waals surface area contributed by atoms with Crippen molar-refractivity contribution in [2.24, 2.45) is 0 Å². The Morgan fingerprint density at radius 1 is 0.923 bits per heavy atom. The molecule has 26 heavy (non-hydrogen) atoms. The molecule has 0 aliphatic heterocycles. The number of benzene rings is 3. The van der Waals surface area contributed by atoms with Gasteiger partial charge in [0.1, 0.15) is 5.75 Å². The van der Waals surface area contributed by atoms with Crippen LogP contribution >= 0.6 is 18.6 Å². The molecule has 0 amide bonds. The number of aromatic nitrogens is 1.